The number of primary amides is 1. The highest BCUT2D eigenvalue weighted by Crippen LogP contribution is 2.37. The maximum atomic E-state index is 11.2. The van der Waals surface area contributed by atoms with E-state index in [1.165, 1.54) is 23.1 Å². The molecular formula is C12H13N3O5. The first kappa shape index (κ1) is 13.8. The lowest BCUT2D eigenvalue weighted by Crippen LogP contribution is -2.32. The minimum Gasteiger partial charge on any atom is -0.480 e. The van der Waals surface area contributed by atoms with Gasteiger partial charge in [0.25, 0.3) is 5.69 Å². The molecule has 1 aliphatic rings. The number of anilines is 1. The summed E-state index contributed by atoms with van der Waals surface area (Å²) in [7, 11) is 0. The van der Waals surface area contributed by atoms with Gasteiger partial charge in [-0.25, -0.2) is 0 Å². The van der Waals surface area contributed by atoms with Crippen LogP contribution in [0.25, 0.3) is 0 Å². The average Bonchev–Trinajstić information content (AvgIpc) is 3.19. The van der Waals surface area contributed by atoms with E-state index < -0.39 is 16.8 Å². The minimum absolute atomic E-state index is 0.0482. The van der Waals surface area contributed by atoms with Crippen LogP contribution in [0, 0.1) is 10.1 Å². The fraction of sp³-hybridized carbons (Fsp3) is 0.333. The van der Waals surface area contributed by atoms with Crippen LogP contribution in [0.1, 0.15) is 23.2 Å². The van der Waals surface area contributed by atoms with Crippen molar-refractivity contribution in [3.63, 3.8) is 0 Å². The van der Waals surface area contributed by atoms with Crippen LogP contribution in [0.15, 0.2) is 18.2 Å². The number of hydrogen-bond acceptors (Lipinski definition) is 5. The molecule has 0 unspecified atom stereocenters. The number of carbonyl (C=O) groups excluding carboxylic acids is 1. The topological polar surface area (TPSA) is 127 Å². The maximum Gasteiger partial charge on any atom is 0.323 e. The van der Waals surface area contributed by atoms with Gasteiger partial charge in [0.15, 0.2) is 0 Å². The van der Waals surface area contributed by atoms with Crippen LogP contribution in [0.2, 0.25) is 0 Å². The molecule has 1 aliphatic carbocycles. The van der Waals surface area contributed by atoms with Crippen molar-refractivity contribution >= 4 is 23.3 Å². The summed E-state index contributed by atoms with van der Waals surface area (Å²) in [6.07, 6.45) is 1.54. The zero-order chi connectivity index (χ0) is 14.9. The van der Waals surface area contributed by atoms with Gasteiger partial charge in [0.05, 0.1) is 4.92 Å². The van der Waals surface area contributed by atoms with Crippen molar-refractivity contribution in [1.29, 1.82) is 0 Å². The van der Waals surface area contributed by atoms with Crippen LogP contribution in [-0.2, 0) is 4.79 Å². The Kier molecular flexibility index (Phi) is 3.55. The van der Waals surface area contributed by atoms with Crippen molar-refractivity contribution in [2.45, 2.75) is 18.9 Å². The molecule has 0 heterocycles. The second-order valence-electron chi connectivity index (χ2n) is 4.58. The number of nitro benzene ring substituents is 1. The molecule has 1 aromatic rings. The van der Waals surface area contributed by atoms with Gasteiger partial charge < -0.3 is 15.7 Å². The van der Waals surface area contributed by atoms with E-state index >= 15 is 0 Å². The van der Waals surface area contributed by atoms with Gasteiger partial charge in [-0.15, -0.1) is 0 Å². The first-order chi connectivity index (χ1) is 9.40. The molecule has 0 bridgehead atoms. The summed E-state index contributed by atoms with van der Waals surface area (Å²) < 4.78 is 0. The number of benzene rings is 1. The third-order valence-corrected chi connectivity index (χ3v) is 3.06. The Hall–Kier alpha value is -2.64. The Morgan fingerprint density at radius 2 is 2.10 bits per heavy atom. The van der Waals surface area contributed by atoms with E-state index in [-0.39, 0.29) is 29.5 Å². The summed E-state index contributed by atoms with van der Waals surface area (Å²) in [5.74, 6) is -1.80. The van der Waals surface area contributed by atoms with Gasteiger partial charge in [-0.2, -0.15) is 0 Å². The molecule has 2 rings (SSSR count). The minimum atomic E-state index is -1.09. The molecule has 106 valence electrons. The van der Waals surface area contributed by atoms with Crippen molar-refractivity contribution < 1.29 is 19.6 Å². The molecule has 20 heavy (non-hydrogen) atoms. The molecule has 8 nitrogen and oxygen atoms in total. The van der Waals surface area contributed by atoms with Crippen LogP contribution >= 0.6 is 0 Å². The molecule has 1 aromatic carbocycles. The van der Waals surface area contributed by atoms with Gasteiger partial charge in [0.1, 0.15) is 12.2 Å². The number of nitrogens with zero attached hydrogens (tertiary/aromatic N) is 2. The third-order valence-electron chi connectivity index (χ3n) is 3.06. The largest absolute Gasteiger partial charge is 0.480 e. The SMILES string of the molecule is NC(=O)c1ccc([N+](=O)[O-])c(N(CC(=O)O)C2CC2)c1. The van der Waals surface area contributed by atoms with E-state index in [1.54, 1.807) is 0 Å². The Bertz CT molecular complexity index is 582. The monoisotopic (exact) mass is 279 g/mol. The zero-order valence-electron chi connectivity index (χ0n) is 10.5. The van der Waals surface area contributed by atoms with Gasteiger partial charge in [0, 0.05) is 17.7 Å². The molecule has 0 aromatic heterocycles. The molecule has 0 saturated heterocycles. The van der Waals surface area contributed by atoms with E-state index in [1.807, 2.05) is 0 Å². The first-order valence-corrected chi connectivity index (χ1v) is 5.97. The lowest BCUT2D eigenvalue weighted by Gasteiger charge is -2.22. The lowest BCUT2D eigenvalue weighted by molar-refractivity contribution is -0.384. The highest BCUT2D eigenvalue weighted by atomic mass is 16.6. The molecule has 1 saturated carbocycles. The van der Waals surface area contributed by atoms with Crippen molar-refractivity contribution in [2.24, 2.45) is 5.73 Å². The van der Waals surface area contributed by atoms with Gasteiger partial charge in [-0.3, -0.25) is 19.7 Å². The fourth-order valence-corrected chi connectivity index (χ4v) is 2.00. The van der Waals surface area contributed by atoms with Gasteiger partial charge in [0.2, 0.25) is 5.91 Å². The number of nitro groups is 1. The number of carboxylic acid groups (broad SMARTS) is 1. The van der Waals surface area contributed by atoms with Gasteiger partial charge in [-0.05, 0) is 25.0 Å². The number of nitrogens with two attached hydrogens (primary N) is 1. The predicted molar refractivity (Wildman–Crippen MR) is 69.6 cm³/mol. The fourth-order valence-electron chi connectivity index (χ4n) is 2.00. The molecular weight excluding hydrogens is 266 g/mol. The number of hydrogen-bond donors (Lipinski definition) is 2. The summed E-state index contributed by atoms with van der Waals surface area (Å²) in [6, 6.07) is 3.66. The van der Waals surface area contributed by atoms with Crippen LogP contribution < -0.4 is 10.6 Å². The number of carboxylic acids is 1. The molecule has 0 radical (unpaired) electrons. The second kappa shape index (κ2) is 5.16. The van der Waals surface area contributed by atoms with Gasteiger partial charge >= 0.3 is 5.97 Å². The summed E-state index contributed by atoms with van der Waals surface area (Å²) >= 11 is 0. The van der Waals surface area contributed by atoms with Crippen LogP contribution in [0.3, 0.4) is 0 Å². The van der Waals surface area contributed by atoms with E-state index in [0.717, 1.165) is 12.8 Å². The first-order valence-electron chi connectivity index (χ1n) is 5.97. The van der Waals surface area contributed by atoms with Crippen molar-refractivity contribution in [2.75, 3.05) is 11.4 Å². The molecule has 0 atom stereocenters. The Morgan fingerprint density at radius 1 is 1.45 bits per heavy atom. The number of carbonyl (C=O) groups is 2. The zero-order valence-corrected chi connectivity index (χ0v) is 10.5. The molecule has 0 aliphatic heterocycles. The summed E-state index contributed by atoms with van der Waals surface area (Å²) in [5, 5.41) is 20.0. The van der Waals surface area contributed by atoms with E-state index in [4.69, 9.17) is 10.8 Å². The van der Waals surface area contributed by atoms with Gasteiger partial charge in [-0.1, -0.05) is 0 Å². The summed E-state index contributed by atoms with van der Waals surface area (Å²) in [6.45, 7) is -0.353. The second-order valence-corrected chi connectivity index (χ2v) is 4.58. The van der Waals surface area contributed by atoms with Crippen LogP contribution in [-0.4, -0.2) is 34.5 Å². The summed E-state index contributed by atoms with van der Waals surface area (Å²) in [5.41, 5.74) is 5.16. The normalized spacial score (nSPS) is 13.8. The number of aliphatic carboxylic acids is 1. The van der Waals surface area contributed by atoms with Crippen molar-refractivity contribution in [3.05, 3.63) is 33.9 Å². The highest BCUT2D eigenvalue weighted by molar-refractivity contribution is 5.95. The molecule has 1 fully saturated rings. The average molecular weight is 279 g/mol. The molecule has 3 N–H and O–H groups in total. The number of amides is 1. The van der Waals surface area contributed by atoms with Crippen molar-refractivity contribution in [3.8, 4) is 0 Å². The lowest BCUT2D eigenvalue weighted by atomic mass is 10.1. The Balaban J connectivity index is 2.48. The van der Waals surface area contributed by atoms with Crippen molar-refractivity contribution in [1.82, 2.24) is 0 Å². The summed E-state index contributed by atoms with van der Waals surface area (Å²) in [4.78, 5) is 34.0. The standard InChI is InChI=1S/C12H13N3O5/c13-12(18)7-1-4-9(15(19)20)10(5-7)14(6-11(16)17)8-2-3-8/h1,4-5,8H,2-3,6H2,(H2,13,18)(H,16,17). The Labute approximate surface area is 113 Å². The van der Waals surface area contributed by atoms with Crippen LogP contribution in [0.4, 0.5) is 11.4 Å². The molecule has 1 amide bonds. The highest BCUT2D eigenvalue weighted by Gasteiger charge is 2.34. The third kappa shape index (κ3) is 2.85. The smallest absolute Gasteiger partial charge is 0.323 e. The van der Waals surface area contributed by atoms with E-state index in [9.17, 15) is 19.7 Å². The molecule has 0 spiro atoms. The predicted octanol–water partition coefficient (Wildman–Crippen LogP) is 0.747. The quantitative estimate of drug-likeness (QED) is 0.584. The number of rotatable bonds is 6. The van der Waals surface area contributed by atoms with Crippen LogP contribution in [0.5, 0.6) is 0 Å². The maximum absolute atomic E-state index is 11.2. The Morgan fingerprint density at radius 3 is 2.55 bits per heavy atom. The molecule has 8 heteroatoms. The van der Waals surface area contributed by atoms with E-state index in [0.29, 0.717) is 0 Å². The van der Waals surface area contributed by atoms with E-state index in [2.05, 4.69) is 0 Å².